The zero-order chi connectivity index (χ0) is 11.5. The van der Waals surface area contributed by atoms with Crippen molar-refractivity contribution in [3.8, 4) is 0 Å². The van der Waals surface area contributed by atoms with Crippen LogP contribution in [0.5, 0.6) is 0 Å². The van der Waals surface area contributed by atoms with Gasteiger partial charge in [-0.2, -0.15) is 0 Å². The molecule has 0 saturated carbocycles. The lowest BCUT2D eigenvalue weighted by atomic mass is 10.1. The van der Waals surface area contributed by atoms with E-state index in [0.29, 0.717) is 11.9 Å². The number of aromatic nitrogens is 1. The van der Waals surface area contributed by atoms with Gasteiger partial charge in [0.1, 0.15) is 5.82 Å². The second kappa shape index (κ2) is 5.01. The highest BCUT2D eigenvalue weighted by Crippen LogP contribution is 2.25. The molecule has 2 heterocycles. The van der Waals surface area contributed by atoms with E-state index >= 15 is 0 Å². The molecule has 0 amide bonds. The zero-order valence-corrected chi connectivity index (χ0v) is 11.0. The molecule has 1 fully saturated rings. The van der Waals surface area contributed by atoms with Crippen molar-refractivity contribution in [1.82, 2.24) is 9.88 Å². The van der Waals surface area contributed by atoms with Crippen molar-refractivity contribution in [3.05, 3.63) is 16.7 Å². The van der Waals surface area contributed by atoms with Crippen molar-refractivity contribution < 1.29 is 0 Å². The minimum absolute atomic E-state index is 0.536. The lowest BCUT2D eigenvalue weighted by molar-refractivity contribution is 0.264. The highest BCUT2D eigenvalue weighted by atomic mass is 79.9. The SMILES string of the molecule is CN1CCC(Nc2cc(N)ncc2Br)CC1. The van der Waals surface area contributed by atoms with E-state index < -0.39 is 0 Å². The maximum absolute atomic E-state index is 5.67. The van der Waals surface area contributed by atoms with E-state index in [9.17, 15) is 0 Å². The largest absolute Gasteiger partial charge is 0.384 e. The minimum Gasteiger partial charge on any atom is -0.384 e. The van der Waals surface area contributed by atoms with Crippen LogP contribution < -0.4 is 11.1 Å². The molecule has 0 bridgehead atoms. The van der Waals surface area contributed by atoms with Gasteiger partial charge in [-0.1, -0.05) is 0 Å². The monoisotopic (exact) mass is 284 g/mol. The van der Waals surface area contributed by atoms with Crippen LogP contribution >= 0.6 is 15.9 Å². The molecule has 0 unspecified atom stereocenters. The number of pyridine rings is 1. The Labute approximate surface area is 104 Å². The molecule has 1 aromatic rings. The number of nitrogens with zero attached hydrogens (tertiary/aromatic N) is 2. The molecule has 1 saturated heterocycles. The van der Waals surface area contributed by atoms with Crippen LogP contribution in [-0.2, 0) is 0 Å². The van der Waals surface area contributed by atoms with Gasteiger partial charge in [-0.25, -0.2) is 4.98 Å². The quantitative estimate of drug-likeness (QED) is 0.872. The van der Waals surface area contributed by atoms with Crippen molar-refractivity contribution in [2.45, 2.75) is 18.9 Å². The van der Waals surface area contributed by atoms with Gasteiger partial charge in [0.25, 0.3) is 0 Å². The molecule has 2 rings (SSSR count). The summed E-state index contributed by atoms with van der Waals surface area (Å²) in [5.74, 6) is 0.554. The second-order valence-electron chi connectivity index (χ2n) is 4.31. The fourth-order valence-electron chi connectivity index (χ4n) is 1.94. The maximum Gasteiger partial charge on any atom is 0.125 e. The topological polar surface area (TPSA) is 54.2 Å². The van der Waals surface area contributed by atoms with Crippen LogP contribution in [0.4, 0.5) is 11.5 Å². The predicted octanol–water partition coefficient (Wildman–Crippen LogP) is 1.93. The summed E-state index contributed by atoms with van der Waals surface area (Å²) in [5.41, 5.74) is 6.72. The van der Waals surface area contributed by atoms with Crippen LogP contribution in [0.1, 0.15) is 12.8 Å². The van der Waals surface area contributed by atoms with Gasteiger partial charge in [0, 0.05) is 18.3 Å². The third-order valence-corrected chi connectivity index (χ3v) is 3.59. The predicted molar refractivity (Wildman–Crippen MR) is 70.5 cm³/mol. The lowest BCUT2D eigenvalue weighted by Gasteiger charge is -2.30. The Kier molecular flexibility index (Phi) is 3.66. The Hall–Kier alpha value is -0.810. The van der Waals surface area contributed by atoms with Crippen molar-refractivity contribution in [1.29, 1.82) is 0 Å². The van der Waals surface area contributed by atoms with Gasteiger partial charge in [-0.05, 0) is 48.9 Å². The number of likely N-dealkylation sites (tertiary alicyclic amines) is 1. The van der Waals surface area contributed by atoms with E-state index in [1.165, 1.54) is 12.8 Å². The first-order chi connectivity index (χ1) is 7.65. The molecule has 0 aliphatic carbocycles. The smallest absolute Gasteiger partial charge is 0.125 e. The number of nitrogens with two attached hydrogens (primary N) is 1. The zero-order valence-electron chi connectivity index (χ0n) is 9.41. The molecule has 1 aromatic heterocycles. The van der Waals surface area contributed by atoms with E-state index in [2.05, 4.69) is 38.2 Å². The van der Waals surface area contributed by atoms with Gasteiger partial charge in [0.2, 0.25) is 0 Å². The Balaban J connectivity index is 2.00. The van der Waals surface area contributed by atoms with Gasteiger partial charge in [0.15, 0.2) is 0 Å². The normalized spacial score (nSPS) is 18.6. The van der Waals surface area contributed by atoms with Gasteiger partial charge in [-0.15, -0.1) is 0 Å². The number of anilines is 2. The van der Waals surface area contributed by atoms with E-state index in [1.54, 1.807) is 6.20 Å². The van der Waals surface area contributed by atoms with Crippen molar-refractivity contribution in [2.24, 2.45) is 0 Å². The number of hydrogen-bond donors (Lipinski definition) is 2. The minimum atomic E-state index is 0.536. The number of halogens is 1. The van der Waals surface area contributed by atoms with E-state index in [1.807, 2.05) is 6.07 Å². The fourth-order valence-corrected chi connectivity index (χ4v) is 2.27. The summed E-state index contributed by atoms with van der Waals surface area (Å²) >= 11 is 3.48. The van der Waals surface area contributed by atoms with E-state index in [-0.39, 0.29) is 0 Å². The molecule has 88 valence electrons. The first-order valence-electron chi connectivity index (χ1n) is 5.51. The summed E-state index contributed by atoms with van der Waals surface area (Å²) in [7, 11) is 2.16. The molecule has 0 spiro atoms. The Morgan fingerprint density at radius 3 is 2.88 bits per heavy atom. The first kappa shape index (κ1) is 11.7. The highest BCUT2D eigenvalue weighted by Gasteiger charge is 2.17. The molecule has 3 N–H and O–H groups in total. The summed E-state index contributed by atoms with van der Waals surface area (Å²) in [6.45, 7) is 2.30. The number of hydrogen-bond acceptors (Lipinski definition) is 4. The van der Waals surface area contributed by atoms with Crippen LogP contribution in [0.2, 0.25) is 0 Å². The van der Waals surface area contributed by atoms with Crippen LogP contribution in [0, 0.1) is 0 Å². The van der Waals surface area contributed by atoms with Crippen LogP contribution in [-0.4, -0.2) is 36.1 Å². The molecule has 1 aliphatic rings. The van der Waals surface area contributed by atoms with Crippen molar-refractivity contribution in [2.75, 3.05) is 31.2 Å². The van der Waals surface area contributed by atoms with Crippen LogP contribution in [0.3, 0.4) is 0 Å². The maximum atomic E-state index is 5.67. The molecule has 16 heavy (non-hydrogen) atoms. The van der Waals surface area contributed by atoms with Gasteiger partial charge in [-0.3, -0.25) is 0 Å². The van der Waals surface area contributed by atoms with Gasteiger partial charge >= 0.3 is 0 Å². The summed E-state index contributed by atoms with van der Waals surface area (Å²) in [5, 5.41) is 3.52. The summed E-state index contributed by atoms with van der Waals surface area (Å²) in [4.78, 5) is 6.38. The molecule has 0 radical (unpaired) electrons. The Bertz CT molecular complexity index is 361. The molecular weight excluding hydrogens is 268 g/mol. The van der Waals surface area contributed by atoms with E-state index in [0.717, 1.165) is 23.2 Å². The van der Waals surface area contributed by atoms with Gasteiger partial charge in [0.05, 0.1) is 10.2 Å². The number of nitrogens with one attached hydrogen (secondary N) is 1. The summed E-state index contributed by atoms with van der Waals surface area (Å²) in [6, 6.07) is 2.41. The molecule has 0 atom stereocenters. The average molecular weight is 285 g/mol. The van der Waals surface area contributed by atoms with Crippen LogP contribution in [0.25, 0.3) is 0 Å². The number of nitrogen functional groups attached to an aromatic ring is 1. The van der Waals surface area contributed by atoms with Crippen LogP contribution in [0.15, 0.2) is 16.7 Å². The molecule has 0 aromatic carbocycles. The molecule has 1 aliphatic heterocycles. The average Bonchev–Trinajstić information content (AvgIpc) is 2.27. The Morgan fingerprint density at radius 2 is 2.19 bits per heavy atom. The van der Waals surface area contributed by atoms with Gasteiger partial charge < -0.3 is 16.0 Å². The fraction of sp³-hybridized carbons (Fsp3) is 0.545. The first-order valence-corrected chi connectivity index (χ1v) is 6.30. The standard InChI is InChI=1S/C11H17BrN4/c1-16-4-2-8(3-5-16)15-10-6-11(13)14-7-9(10)12/h6-8H,2-5H2,1H3,(H3,13,14,15). The number of piperidine rings is 1. The Morgan fingerprint density at radius 1 is 1.50 bits per heavy atom. The lowest BCUT2D eigenvalue weighted by Crippen LogP contribution is -2.36. The highest BCUT2D eigenvalue weighted by molar-refractivity contribution is 9.10. The number of rotatable bonds is 2. The molecule has 4 nitrogen and oxygen atoms in total. The summed E-state index contributed by atoms with van der Waals surface area (Å²) < 4.78 is 0.973. The summed E-state index contributed by atoms with van der Waals surface area (Å²) in [6.07, 6.45) is 4.09. The molecule has 5 heteroatoms. The van der Waals surface area contributed by atoms with Crippen molar-refractivity contribution in [3.63, 3.8) is 0 Å². The third-order valence-electron chi connectivity index (χ3n) is 2.95. The molecular formula is C11H17BrN4. The van der Waals surface area contributed by atoms with Crippen molar-refractivity contribution >= 4 is 27.4 Å². The third kappa shape index (κ3) is 2.86. The van der Waals surface area contributed by atoms with E-state index in [4.69, 9.17) is 5.73 Å². The second-order valence-corrected chi connectivity index (χ2v) is 5.17.